The molecule has 0 saturated heterocycles. The molecule has 0 aliphatic carbocycles. The monoisotopic (exact) mass is 480 g/mol. The predicted octanol–water partition coefficient (Wildman–Crippen LogP) is 3.03. The molecular formula is C22H17N4O7P. The summed E-state index contributed by atoms with van der Waals surface area (Å²) in [6, 6.07) is 10.6. The average molecular weight is 480 g/mol. The highest BCUT2D eigenvalue weighted by Crippen LogP contribution is 2.45. The highest BCUT2D eigenvalue weighted by atomic mass is 31.2. The maximum absolute atomic E-state index is 13.0. The number of amides is 2. The zero-order valence-corrected chi connectivity index (χ0v) is 18.5. The van der Waals surface area contributed by atoms with E-state index in [1.807, 2.05) is 6.92 Å². The van der Waals surface area contributed by atoms with Gasteiger partial charge in [0.15, 0.2) is 0 Å². The van der Waals surface area contributed by atoms with Gasteiger partial charge in [0.2, 0.25) is 0 Å². The van der Waals surface area contributed by atoms with Gasteiger partial charge in [-0.2, -0.15) is 0 Å². The Labute approximate surface area is 191 Å². The van der Waals surface area contributed by atoms with Crippen molar-refractivity contribution in [1.82, 2.24) is 14.2 Å². The maximum Gasteiger partial charge on any atom is 0.434 e. The van der Waals surface area contributed by atoms with Gasteiger partial charge in [-0.3, -0.25) is 29.4 Å². The third-order valence-corrected chi connectivity index (χ3v) is 6.75. The van der Waals surface area contributed by atoms with Crippen LogP contribution in [0.3, 0.4) is 0 Å². The summed E-state index contributed by atoms with van der Waals surface area (Å²) in [5.74, 6) is -1.37. The fourth-order valence-electron chi connectivity index (χ4n) is 4.40. The average Bonchev–Trinajstić information content (AvgIpc) is 3.43. The third-order valence-electron chi connectivity index (χ3n) is 5.86. The Kier molecular flexibility index (Phi) is 4.80. The molecule has 0 spiro atoms. The number of nitro groups is 1. The van der Waals surface area contributed by atoms with Crippen molar-refractivity contribution < 1.29 is 28.9 Å². The van der Waals surface area contributed by atoms with Crippen LogP contribution in [0.4, 0.5) is 5.69 Å². The van der Waals surface area contributed by atoms with Crippen LogP contribution in [-0.2, 0) is 20.7 Å². The molecule has 12 heteroatoms. The SMILES string of the molecule is CCn1cc(C2=C(c3cn(P(=O)(O)O)c4ccccc34)C(=O)NC2=O)c2ccc([N+](=O)[O-])cc21. The second-order valence-electron chi connectivity index (χ2n) is 7.74. The minimum Gasteiger partial charge on any atom is -0.347 e. The number of carbonyl (C=O) groups excluding carboxylic acids is 2. The summed E-state index contributed by atoms with van der Waals surface area (Å²) in [6.45, 7) is 2.29. The lowest BCUT2D eigenvalue weighted by atomic mass is 9.95. The van der Waals surface area contributed by atoms with Crippen molar-refractivity contribution in [2.75, 3.05) is 0 Å². The van der Waals surface area contributed by atoms with E-state index in [-0.39, 0.29) is 27.9 Å². The van der Waals surface area contributed by atoms with Crippen molar-refractivity contribution in [2.45, 2.75) is 13.5 Å². The Hall–Kier alpha value is -4.05. The summed E-state index contributed by atoms with van der Waals surface area (Å²) in [5, 5.41) is 14.5. The Balaban J connectivity index is 1.86. The number of benzene rings is 2. The molecule has 1 aliphatic rings. The van der Waals surface area contributed by atoms with Crippen LogP contribution in [0, 0.1) is 10.1 Å². The molecule has 3 heterocycles. The molecule has 11 nitrogen and oxygen atoms in total. The lowest BCUT2D eigenvalue weighted by Gasteiger charge is -2.05. The number of para-hydroxylation sites is 1. The Morgan fingerprint density at radius 1 is 0.971 bits per heavy atom. The van der Waals surface area contributed by atoms with Gasteiger partial charge in [0.25, 0.3) is 17.5 Å². The van der Waals surface area contributed by atoms with Crippen LogP contribution in [0.2, 0.25) is 0 Å². The van der Waals surface area contributed by atoms with Gasteiger partial charge in [0, 0.05) is 53.0 Å². The predicted molar refractivity (Wildman–Crippen MR) is 124 cm³/mol. The van der Waals surface area contributed by atoms with E-state index in [4.69, 9.17) is 0 Å². The molecular weight excluding hydrogens is 463 g/mol. The Morgan fingerprint density at radius 2 is 1.59 bits per heavy atom. The molecule has 0 unspecified atom stereocenters. The molecule has 0 radical (unpaired) electrons. The van der Waals surface area contributed by atoms with Gasteiger partial charge >= 0.3 is 7.75 Å². The number of imide groups is 1. The molecule has 34 heavy (non-hydrogen) atoms. The number of nitrogens with zero attached hydrogens (tertiary/aromatic N) is 3. The van der Waals surface area contributed by atoms with E-state index in [2.05, 4.69) is 5.32 Å². The third kappa shape index (κ3) is 3.18. The summed E-state index contributed by atoms with van der Waals surface area (Å²) in [6.07, 6.45) is 2.81. The van der Waals surface area contributed by atoms with Crippen molar-refractivity contribution >= 4 is 58.2 Å². The van der Waals surface area contributed by atoms with Gasteiger partial charge in [-0.25, -0.2) is 4.57 Å². The second-order valence-corrected chi connectivity index (χ2v) is 9.20. The number of non-ortho nitro benzene ring substituents is 1. The van der Waals surface area contributed by atoms with Gasteiger partial charge in [-0.15, -0.1) is 0 Å². The van der Waals surface area contributed by atoms with E-state index in [0.717, 1.165) is 4.34 Å². The molecule has 5 rings (SSSR count). The van der Waals surface area contributed by atoms with Gasteiger partial charge < -0.3 is 14.4 Å². The molecule has 4 aromatic rings. The van der Waals surface area contributed by atoms with Crippen LogP contribution in [0.1, 0.15) is 18.1 Å². The molecule has 172 valence electrons. The first-order chi connectivity index (χ1) is 16.1. The summed E-state index contributed by atoms with van der Waals surface area (Å²) < 4.78 is 14.6. The van der Waals surface area contributed by atoms with Gasteiger partial charge in [0.1, 0.15) is 0 Å². The number of hydrogen-bond acceptors (Lipinski definition) is 5. The van der Waals surface area contributed by atoms with Crippen LogP contribution >= 0.6 is 7.75 Å². The number of aryl methyl sites for hydroxylation is 1. The van der Waals surface area contributed by atoms with E-state index in [9.17, 15) is 34.1 Å². The number of nitro benzene ring substituents is 1. The second kappa shape index (κ2) is 7.49. The first-order valence-electron chi connectivity index (χ1n) is 10.2. The topological polar surface area (TPSA) is 157 Å². The highest BCUT2D eigenvalue weighted by molar-refractivity contribution is 7.50. The standard InChI is InChI=1S/C22H17N4O7P/c1-2-24-10-15(14-8-7-12(26(29)30)9-18(14)24)19-20(22(28)23-21(19)27)16-11-25(34(31,32)33)17-6-4-3-5-13(16)17/h3-11H,2H2,1H3,(H,23,27,28)(H2,31,32,33). The van der Waals surface area contributed by atoms with Crippen LogP contribution in [0.25, 0.3) is 33.0 Å². The van der Waals surface area contributed by atoms with E-state index < -0.39 is 24.5 Å². The molecule has 2 amide bonds. The lowest BCUT2D eigenvalue weighted by molar-refractivity contribution is -0.384. The first-order valence-corrected chi connectivity index (χ1v) is 11.7. The smallest absolute Gasteiger partial charge is 0.347 e. The molecule has 1 aliphatic heterocycles. The van der Waals surface area contributed by atoms with Gasteiger partial charge in [0.05, 0.1) is 27.1 Å². The van der Waals surface area contributed by atoms with E-state index in [1.54, 1.807) is 29.0 Å². The minimum absolute atomic E-state index is 0.0260. The Bertz CT molecular complexity index is 1640. The number of rotatable bonds is 5. The molecule has 2 aromatic carbocycles. The quantitative estimate of drug-likeness (QED) is 0.171. The number of nitrogens with one attached hydrogen (secondary N) is 1. The van der Waals surface area contributed by atoms with Crippen LogP contribution in [0.5, 0.6) is 0 Å². The largest absolute Gasteiger partial charge is 0.434 e. The molecule has 2 aromatic heterocycles. The van der Waals surface area contributed by atoms with E-state index in [1.165, 1.54) is 30.5 Å². The molecule has 3 N–H and O–H groups in total. The van der Waals surface area contributed by atoms with Gasteiger partial charge in [-0.1, -0.05) is 18.2 Å². The first kappa shape index (κ1) is 21.8. The van der Waals surface area contributed by atoms with E-state index >= 15 is 0 Å². The fourth-order valence-corrected chi connectivity index (χ4v) is 5.12. The summed E-state index contributed by atoms with van der Waals surface area (Å²) in [5.41, 5.74) is 1.19. The maximum atomic E-state index is 13.0. The number of fused-ring (bicyclic) bond motifs is 2. The van der Waals surface area contributed by atoms with Gasteiger partial charge in [-0.05, 0) is 19.1 Å². The zero-order valence-electron chi connectivity index (χ0n) is 17.6. The fraction of sp³-hybridized carbons (Fsp3) is 0.0909. The van der Waals surface area contributed by atoms with Crippen molar-refractivity contribution in [3.05, 3.63) is 76.1 Å². The summed E-state index contributed by atoms with van der Waals surface area (Å²) in [7, 11) is -4.76. The molecule has 0 atom stereocenters. The molecule has 0 fully saturated rings. The van der Waals surface area contributed by atoms with Crippen molar-refractivity contribution in [3.63, 3.8) is 0 Å². The highest BCUT2D eigenvalue weighted by Gasteiger charge is 2.36. The van der Waals surface area contributed by atoms with Crippen LogP contribution < -0.4 is 5.32 Å². The zero-order chi connectivity index (χ0) is 24.4. The number of hydrogen-bond donors (Lipinski definition) is 3. The summed E-state index contributed by atoms with van der Waals surface area (Å²) in [4.78, 5) is 56.3. The molecule has 0 bridgehead atoms. The number of carbonyl (C=O) groups is 2. The van der Waals surface area contributed by atoms with Crippen LogP contribution in [-0.4, -0.2) is 35.4 Å². The Morgan fingerprint density at radius 3 is 2.21 bits per heavy atom. The van der Waals surface area contributed by atoms with Crippen molar-refractivity contribution in [2.24, 2.45) is 0 Å². The minimum atomic E-state index is -4.76. The van der Waals surface area contributed by atoms with Crippen molar-refractivity contribution in [1.29, 1.82) is 0 Å². The lowest BCUT2D eigenvalue weighted by Crippen LogP contribution is -2.22. The molecule has 0 saturated carbocycles. The summed E-state index contributed by atoms with van der Waals surface area (Å²) >= 11 is 0. The number of aromatic nitrogens is 2. The van der Waals surface area contributed by atoms with Crippen molar-refractivity contribution in [3.8, 4) is 0 Å². The van der Waals surface area contributed by atoms with Crippen LogP contribution in [0.15, 0.2) is 54.9 Å². The van der Waals surface area contributed by atoms with E-state index in [0.29, 0.717) is 28.4 Å². The normalized spacial score (nSPS) is 14.4.